The lowest BCUT2D eigenvalue weighted by Crippen LogP contribution is -2.47. The Balaban J connectivity index is 2.46. The Kier molecular flexibility index (Phi) is 5.22. The maximum Gasteiger partial charge on any atom is 0.224 e. The van der Waals surface area contributed by atoms with Crippen LogP contribution in [0.3, 0.4) is 0 Å². The van der Waals surface area contributed by atoms with Gasteiger partial charge in [-0.25, -0.2) is 0 Å². The number of carbonyl (C=O) groups is 1. The molecule has 0 radical (unpaired) electrons. The van der Waals surface area contributed by atoms with E-state index in [2.05, 4.69) is 0 Å². The van der Waals surface area contributed by atoms with Crippen molar-refractivity contribution in [3.05, 3.63) is 0 Å². The van der Waals surface area contributed by atoms with Crippen molar-refractivity contribution < 1.29 is 9.90 Å². The molecule has 0 aromatic heterocycles. The molecule has 1 unspecified atom stereocenters. The molecule has 0 aromatic rings. The third kappa shape index (κ3) is 3.46. The van der Waals surface area contributed by atoms with Gasteiger partial charge in [0.25, 0.3) is 0 Å². The van der Waals surface area contributed by atoms with Gasteiger partial charge in [-0.2, -0.15) is 0 Å². The number of hydrogen-bond acceptors (Lipinski definition) is 3. The van der Waals surface area contributed by atoms with Gasteiger partial charge in [0.1, 0.15) is 0 Å². The third-order valence-corrected chi connectivity index (χ3v) is 3.44. The highest BCUT2D eigenvalue weighted by Gasteiger charge is 2.29. The normalized spacial score (nSPS) is 18.3. The van der Waals surface area contributed by atoms with E-state index in [1.54, 1.807) is 0 Å². The second-order valence-corrected chi connectivity index (χ2v) is 5.01. The molecule has 1 atom stereocenters. The summed E-state index contributed by atoms with van der Waals surface area (Å²) in [5, 5.41) is 8.97. The minimum absolute atomic E-state index is 0.0408. The quantitative estimate of drug-likeness (QED) is 0.704. The lowest BCUT2D eigenvalue weighted by molar-refractivity contribution is -0.136. The van der Waals surface area contributed by atoms with Gasteiger partial charge in [0, 0.05) is 25.0 Å². The average molecular weight is 228 g/mol. The van der Waals surface area contributed by atoms with Crippen molar-refractivity contribution in [2.45, 2.75) is 51.6 Å². The standard InChI is InChI=1S/C12H24N2O2/c1-9(2)11(13)8-12(16)14(6-7-15)10-4-3-5-10/h9-11,15H,3-8,13H2,1-2H3. The first kappa shape index (κ1) is 13.5. The molecule has 0 aromatic carbocycles. The number of aliphatic hydroxyl groups excluding tert-OH is 1. The summed E-state index contributed by atoms with van der Waals surface area (Å²) in [6, 6.07) is 0.271. The molecular weight excluding hydrogens is 204 g/mol. The SMILES string of the molecule is CC(C)C(N)CC(=O)N(CCO)C1CCC1. The molecule has 0 bridgehead atoms. The largest absolute Gasteiger partial charge is 0.395 e. The van der Waals surface area contributed by atoms with Gasteiger partial charge < -0.3 is 15.7 Å². The van der Waals surface area contributed by atoms with E-state index in [0.717, 1.165) is 12.8 Å². The zero-order valence-electron chi connectivity index (χ0n) is 10.4. The van der Waals surface area contributed by atoms with E-state index >= 15 is 0 Å². The van der Waals surface area contributed by atoms with Crippen LogP contribution in [-0.2, 0) is 4.79 Å². The summed E-state index contributed by atoms with van der Waals surface area (Å²) in [5.74, 6) is 0.418. The molecule has 1 rings (SSSR count). The Morgan fingerprint density at radius 1 is 1.50 bits per heavy atom. The van der Waals surface area contributed by atoms with Crippen molar-refractivity contribution >= 4 is 5.91 Å². The lowest BCUT2D eigenvalue weighted by atomic mass is 9.90. The van der Waals surface area contributed by atoms with Crippen molar-refractivity contribution in [3.63, 3.8) is 0 Å². The van der Waals surface area contributed by atoms with Crippen LogP contribution in [0.2, 0.25) is 0 Å². The lowest BCUT2D eigenvalue weighted by Gasteiger charge is -2.38. The van der Waals surface area contributed by atoms with E-state index in [1.807, 2.05) is 18.7 Å². The number of nitrogens with two attached hydrogens (primary N) is 1. The number of amides is 1. The smallest absolute Gasteiger partial charge is 0.224 e. The molecular formula is C12H24N2O2. The summed E-state index contributed by atoms with van der Waals surface area (Å²) < 4.78 is 0. The van der Waals surface area contributed by atoms with Crippen molar-refractivity contribution in [1.82, 2.24) is 4.90 Å². The monoisotopic (exact) mass is 228 g/mol. The molecule has 1 saturated carbocycles. The van der Waals surface area contributed by atoms with Crippen molar-refractivity contribution in [1.29, 1.82) is 0 Å². The van der Waals surface area contributed by atoms with E-state index in [9.17, 15) is 4.79 Å². The minimum Gasteiger partial charge on any atom is -0.395 e. The molecule has 4 nitrogen and oxygen atoms in total. The second-order valence-electron chi connectivity index (χ2n) is 5.01. The molecule has 1 aliphatic rings. The Hall–Kier alpha value is -0.610. The van der Waals surface area contributed by atoms with Crippen LogP contribution in [0.4, 0.5) is 0 Å². The van der Waals surface area contributed by atoms with Gasteiger partial charge in [-0.15, -0.1) is 0 Å². The van der Waals surface area contributed by atoms with Crippen LogP contribution in [0.25, 0.3) is 0 Å². The topological polar surface area (TPSA) is 66.6 Å². The molecule has 4 heteroatoms. The molecule has 16 heavy (non-hydrogen) atoms. The van der Waals surface area contributed by atoms with Crippen LogP contribution in [0.1, 0.15) is 39.5 Å². The zero-order chi connectivity index (χ0) is 12.1. The molecule has 0 heterocycles. The Labute approximate surface area is 97.8 Å². The number of aliphatic hydroxyl groups is 1. The second kappa shape index (κ2) is 6.21. The number of rotatable bonds is 6. The minimum atomic E-state index is -0.0752. The van der Waals surface area contributed by atoms with E-state index < -0.39 is 0 Å². The van der Waals surface area contributed by atoms with Gasteiger partial charge in [0.2, 0.25) is 5.91 Å². The summed E-state index contributed by atoms with van der Waals surface area (Å²) in [5.41, 5.74) is 5.90. The fraction of sp³-hybridized carbons (Fsp3) is 0.917. The number of nitrogens with zero attached hydrogens (tertiary/aromatic N) is 1. The summed E-state index contributed by atoms with van der Waals surface area (Å²) in [6.45, 7) is 4.54. The Morgan fingerprint density at radius 2 is 2.12 bits per heavy atom. The average Bonchev–Trinajstić information content (AvgIpc) is 2.13. The predicted octanol–water partition coefficient (Wildman–Crippen LogP) is 0.733. The van der Waals surface area contributed by atoms with E-state index in [-0.39, 0.29) is 18.6 Å². The first-order chi connectivity index (χ1) is 7.56. The molecule has 1 aliphatic carbocycles. The van der Waals surface area contributed by atoms with Crippen LogP contribution in [-0.4, -0.2) is 41.1 Å². The van der Waals surface area contributed by atoms with Crippen LogP contribution >= 0.6 is 0 Å². The first-order valence-electron chi connectivity index (χ1n) is 6.22. The zero-order valence-corrected chi connectivity index (χ0v) is 10.4. The molecule has 1 amide bonds. The molecule has 0 saturated heterocycles. The highest BCUT2D eigenvalue weighted by molar-refractivity contribution is 5.77. The Bertz CT molecular complexity index is 227. The van der Waals surface area contributed by atoms with Gasteiger partial charge in [0.05, 0.1) is 6.61 Å². The molecule has 1 fully saturated rings. The van der Waals surface area contributed by atoms with Gasteiger partial charge in [0.15, 0.2) is 0 Å². The van der Waals surface area contributed by atoms with Crippen LogP contribution < -0.4 is 5.73 Å². The Morgan fingerprint density at radius 3 is 2.50 bits per heavy atom. The molecule has 94 valence electrons. The van der Waals surface area contributed by atoms with E-state index in [1.165, 1.54) is 6.42 Å². The molecule has 0 aliphatic heterocycles. The van der Waals surface area contributed by atoms with Crippen molar-refractivity contribution in [3.8, 4) is 0 Å². The highest BCUT2D eigenvalue weighted by atomic mass is 16.3. The fourth-order valence-corrected chi connectivity index (χ4v) is 1.87. The molecule has 0 spiro atoms. The van der Waals surface area contributed by atoms with Gasteiger partial charge in [-0.1, -0.05) is 13.8 Å². The van der Waals surface area contributed by atoms with Gasteiger partial charge in [-0.05, 0) is 25.2 Å². The summed E-state index contributed by atoms with van der Waals surface area (Å²) >= 11 is 0. The summed E-state index contributed by atoms with van der Waals surface area (Å²) in [6.07, 6.45) is 3.73. The summed E-state index contributed by atoms with van der Waals surface area (Å²) in [7, 11) is 0. The van der Waals surface area contributed by atoms with Crippen LogP contribution in [0, 0.1) is 5.92 Å². The fourth-order valence-electron chi connectivity index (χ4n) is 1.87. The third-order valence-electron chi connectivity index (χ3n) is 3.44. The van der Waals surface area contributed by atoms with Gasteiger partial charge in [-0.3, -0.25) is 4.79 Å². The maximum absolute atomic E-state index is 12.0. The van der Waals surface area contributed by atoms with Crippen molar-refractivity contribution in [2.75, 3.05) is 13.2 Å². The highest BCUT2D eigenvalue weighted by Crippen LogP contribution is 2.25. The number of hydrogen-bond donors (Lipinski definition) is 2. The van der Waals surface area contributed by atoms with Gasteiger partial charge >= 0.3 is 0 Å². The predicted molar refractivity (Wildman–Crippen MR) is 63.9 cm³/mol. The van der Waals surface area contributed by atoms with Crippen LogP contribution in [0.5, 0.6) is 0 Å². The molecule has 3 N–H and O–H groups in total. The number of carbonyl (C=O) groups excluding carboxylic acids is 1. The van der Waals surface area contributed by atoms with E-state index in [0.29, 0.717) is 24.9 Å². The maximum atomic E-state index is 12.0. The van der Waals surface area contributed by atoms with Crippen molar-refractivity contribution in [2.24, 2.45) is 11.7 Å². The van der Waals surface area contributed by atoms with Crippen LogP contribution in [0.15, 0.2) is 0 Å². The summed E-state index contributed by atoms with van der Waals surface area (Å²) in [4.78, 5) is 13.8. The first-order valence-corrected chi connectivity index (χ1v) is 6.22. The van der Waals surface area contributed by atoms with E-state index in [4.69, 9.17) is 10.8 Å².